The second kappa shape index (κ2) is 6.65. The van der Waals surface area contributed by atoms with E-state index >= 15 is 0 Å². The third-order valence-electron chi connectivity index (χ3n) is 2.95. The molecule has 1 aliphatic heterocycles. The summed E-state index contributed by atoms with van der Waals surface area (Å²) in [5.41, 5.74) is 3.06. The molecule has 0 unspecified atom stereocenters. The molecule has 8 heteroatoms. The molecule has 0 spiro atoms. The third-order valence-corrected chi connectivity index (χ3v) is 2.95. The van der Waals surface area contributed by atoms with Crippen molar-refractivity contribution >= 4 is 18.0 Å². The molecule has 0 saturated heterocycles. The molecule has 0 saturated carbocycles. The third kappa shape index (κ3) is 3.67. The minimum Gasteiger partial charge on any atom is -0.459 e. The van der Waals surface area contributed by atoms with Gasteiger partial charge < -0.3 is 19.2 Å². The highest BCUT2D eigenvalue weighted by Crippen LogP contribution is 2.31. The predicted molar refractivity (Wildman–Crippen MR) is 79.3 cm³/mol. The number of hydrazone groups is 1. The molecule has 3 rings (SSSR count). The highest BCUT2D eigenvalue weighted by Gasteiger charge is 2.12. The number of carbonyl (C=O) groups excluding carboxylic acids is 2. The Balaban J connectivity index is 1.46. The van der Waals surface area contributed by atoms with Gasteiger partial charge in [0, 0.05) is 0 Å². The molecule has 2 heterocycles. The fourth-order valence-corrected chi connectivity index (χ4v) is 1.87. The minimum atomic E-state index is -0.468. The monoisotopic (exact) mass is 315 g/mol. The Kier molecular flexibility index (Phi) is 4.23. The summed E-state index contributed by atoms with van der Waals surface area (Å²) in [6.45, 7) is -0.0138. The fourth-order valence-electron chi connectivity index (χ4n) is 1.87. The van der Waals surface area contributed by atoms with Gasteiger partial charge in [-0.3, -0.25) is 9.59 Å². The number of nitrogens with zero attached hydrogens (tertiary/aromatic N) is 1. The van der Waals surface area contributed by atoms with Crippen molar-refractivity contribution in [1.82, 2.24) is 10.7 Å². The Morgan fingerprint density at radius 2 is 2.09 bits per heavy atom. The number of ether oxygens (including phenoxy) is 2. The highest BCUT2D eigenvalue weighted by molar-refractivity contribution is 5.94. The average Bonchev–Trinajstić information content (AvgIpc) is 3.23. The molecule has 1 aliphatic rings. The Morgan fingerprint density at radius 3 is 2.91 bits per heavy atom. The number of rotatable bonds is 5. The van der Waals surface area contributed by atoms with Gasteiger partial charge in [0.2, 0.25) is 6.79 Å². The predicted octanol–water partition coefficient (Wildman–Crippen LogP) is 0.888. The SMILES string of the molecule is O=C(CNC(=O)c1ccco1)NN=Cc1ccc2c(c1)OCO2. The Hall–Kier alpha value is -3.29. The molecule has 2 aromatic rings. The summed E-state index contributed by atoms with van der Waals surface area (Å²) in [6.07, 6.45) is 2.85. The number of nitrogens with one attached hydrogen (secondary N) is 2. The van der Waals surface area contributed by atoms with Crippen LogP contribution in [0.2, 0.25) is 0 Å². The highest BCUT2D eigenvalue weighted by atomic mass is 16.7. The second-order valence-corrected chi connectivity index (χ2v) is 4.57. The maximum absolute atomic E-state index is 11.6. The van der Waals surface area contributed by atoms with E-state index < -0.39 is 11.8 Å². The molecule has 8 nitrogen and oxygen atoms in total. The Bertz CT molecular complexity index is 740. The van der Waals surface area contributed by atoms with Crippen molar-refractivity contribution in [2.24, 2.45) is 5.10 Å². The lowest BCUT2D eigenvalue weighted by atomic mass is 10.2. The van der Waals surface area contributed by atoms with E-state index in [1.165, 1.54) is 18.5 Å². The van der Waals surface area contributed by atoms with Gasteiger partial charge in [0.25, 0.3) is 11.8 Å². The van der Waals surface area contributed by atoms with Gasteiger partial charge in [0.1, 0.15) is 0 Å². The van der Waals surface area contributed by atoms with Crippen molar-refractivity contribution in [3.63, 3.8) is 0 Å². The molecule has 118 valence electrons. The number of amides is 2. The van der Waals surface area contributed by atoms with E-state index in [4.69, 9.17) is 13.9 Å². The van der Waals surface area contributed by atoms with Crippen LogP contribution in [0.15, 0.2) is 46.1 Å². The molecular weight excluding hydrogens is 302 g/mol. The summed E-state index contributed by atoms with van der Waals surface area (Å²) in [6, 6.07) is 8.38. The number of furan rings is 1. The average molecular weight is 315 g/mol. The first-order chi connectivity index (χ1) is 11.2. The number of benzene rings is 1. The maximum atomic E-state index is 11.6. The van der Waals surface area contributed by atoms with Crippen LogP contribution >= 0.6 is 0 Å². The van der Waals surface area contributed by atoms with Crippen LogP contribution in [-0.2, 0) is 4.79 Å². The van der Waals surface area contributed by atoms with Crippen LogP contribution in [0.5, 0.6) is 11.5 Å². The molecule has 2 amide bonds. The lowest BCUT2D eigenvalue weighted by Crippen LogP contribution is -2.34. The summed E-state index contributed by atoms with van der Waals surface area (Å²) in [4.78, 5) is 23.1. The number of hydrogen-bond donors (Lipinski definition) is 2. The van der Waals surface area contributed by atoms with E-state index in [-0.39, 0.29) is 19.1 Å². The molecule has 0 fully saturated rings. The second-order valence-electron chi connectivity index (χ2n) is 4.57. The quantitative estimate of drug-likeness (QED) is 0.630. The van der Waals surface area contributed by atoms with Gasteiger partial charge in [0.15, 0.2) is 17.3 Å². The van der Waals surface area contributed by atoms with Gasteiger partial charge in [-0.15, -0.1) is 0 Å². The van der Waals surface area contributed by atoms with Crippen LogP contribution in [0.25, 0.3) is 0 Å². The van der Waals surface area contributed by atoms with Crippen LogP contribution in [-0.4, -0.2) is 31.4 Å². The van der Waals surface area contributed by atoms with E-state index in [9.17, 15) is 9.59 Å². The zero-order valence-corrected chi connectivity index (χ0v) is 11.9. The van der Waals surface area contributed by atoms with Gasteiger partial charge >= 0.3 is 0 Å². The van der Waals surface area contributed by atoms with Crippen molar-refractivity contribution in [2.75, 3.05) is 13.3 Å². The molecule has 2 N–H and O–H groups in total. The van der Waals surface area contributed by atoms with Crippen molar-refractivity contribution < 1.29 is 23.5 Å². The van der Waals surface area contributed by atoms with Gasteiger partial charge in [-0.1, -0.05) is 0 Å². The van der Waals surface area contributed by atoms with E-state index in [1.807, 2.05) is 0 Å². The standard InChI is InChI=1S/C15H13N3O5/c19-14(8-16-15(20)12-2-1-5-21-12)18-17-7-10-3-4-11-13(6-10)23-9-22-11/h1-7H,8-9H2,(H,16,20)(H,18,19). The normalized spacial score (nSPS) is 12.3. The van der Waals surface area contributed by atoms with Gasteiger partial charge in [-0.25, -0.2) is 5.43 Å². The topological polar surface area (TPSA) is 102 Å². The number of fused-ring (bicyclic) bond motifs is 1. The van der Waals surface area contributed by atoms with E-state index in [1.54, 1.807) is 24.3 Å². The molecule has 1 aromatic carbocycles. The molecule has 0 bridgehead atoms. The maximum Gasteiger partial charge on any atom is 0.287 e. The van der Waals surface area contributed by atoms with Crippen molar-refractivity contribution in [3.05, 3.63) is 47.9 Å². The molecular formula is C15H13N3O5. The van der Waals surface area contributed by atoms with Gasteiger partial charge in [0.05, 0.1) is 19.0 Å². The van der Waals surface area contributed by atoms with Crippen LogP contribution in [0.3, 0.4) is 0 Å². The summed E-state index contributed by atoms with van der Waals surface area (Å²) < 4.78 is 15.3. The van der Waals surface area contributed by atoms with Gasteiger partial charge in [-0.05, 0) is 35.9 Å². The van der Waals surface area contributed by atoms with Crippen LogP contribution < -0.4 is 20.2 Å². The molecule has 0 aliphatic carbocycles. The summed E-state index contributed by atoms with van der Waals surface area (Å²) in [5.74, 6) is 0.520. The first-order valence-corrected chi connectivity index (χ1v) is 6.75. The van der Waals surface area contributed by atoms with Crippen molar-refractivity contribution in [3.8, 4) is 11.5 Å². The number of carbonyl (C=O) groups is 2. The zero-order valence-electron chi connectivity index (χ0n) is 11.9. The van der Waals surface area contributed by atoms with Gasteiger partial charge in [-0.2, -0.15) is 5.10 Å². The summed E-state index contributed by atoms with van der Waals surface area (Å²) in [7, 11) is 0. The Labute approximate surface area is 131 Å². The zero-order chi connectivity index (χ0) is 16.1. The molecule has 0 atom stereocenters. The largest absolute Gasteiger partial charge is 0.459 e. The smallest absolute Gasteiger partial charge is 0.287 e. The molecule has 23 heavy (non-hydrogen) atoms. The lowest BCUT2D eigenvalue weighted by Gasteiger charge is -2.02. The lowest BCUT2D eigenvalue weighted by molar-refractivity contribution is -0.120. The molecule has 1 aromatic heterocycles. The summed E-state index contributed by atoms with van der Waals surface area (Å²) >= 11 is 0. The van der Waals surface area contributed by atoms with E-state index in [0.717, 1.165) is 5.56 Å². The van der Waals surface area contributed by atoms with E-state index in [2.05, 4.69) is 15.8 Å². The van der Waals surface area contributed by atoms with Crippen LogP contribution in [0, 0.1) is 0 Å². The molecule has 0 radical (unpaired) electrons. The first kappa shape index (κ1) is 14.6. The van der Waals surface area contributed by atoms with E-state index in [0.29, 0.717) is 11.5 Å². The first-order valence-electron chi connectivity index (χ1n) is 6.75. The van der Waals surface area contributed by atoms with Crippen molar-refractivity contribution in [2.45, 2.75) is 0 Å². The number of hydrogen-bond acceptors (Lipinski definition) is 6. The van der Waals surface area contributed by atoms with Crippen LogP contribution in [0.4, 0.5) is 0 Å². The summed E-state index contributed by atoms with van der Waals surface area (Å²) in [5, 5.41) is 6.22. The van der Waals surface area contributed by atoms with Crippen LogP contribution in [0.1, 0.15) is 16.1 Å². The fraction of sp³-hybridized carbons (Fsp3) is 0.133. The Morgan fingerprint density at radius 1 is 1.22 bits per heavy atom. The van der Waals surface area contributed by atoms with Crippen molar-refractivity contribution in [1.29, 1.82) is 0 Å². The minimum absolute atomic E-state index is 0.140.